The summed E-state index contributed by atoms with van der Waals surface area (Å²) < 4.78 is 0. The van der Waals surface area contributed by atoms with E-state index >= 15 is 0 Å². The Morgan fingerprint density at radius 2 is 1.86 bits per heavy atom. The van der Waals surface area contributed by atoms with Gasteiger partial charge >= 0.3 is 0 Å². The third kappa shape index (κ3) is 2.37. The van der Waals surface area contributed by atoms with Crippen LogP contribution >= 0.6 is 0 Å². The van der Waals surface area contributed by atoms with Crippen molar-refractivity contribution in [3.63, 3.8) is 0 Å². The number of nitriles is 1. The molecule has 1 aromatic heterocycles. The molecule has 3 rings (SSSR count). The van der Waals surface area contributed by atoms with Crippen LogP contribution in [0, 0.1) is 11.3 Å². The summed E-state index contributed by atoms with van der Waals surface area (Å²) in [6, 6.07) is 18.8. The first-order chi connectivity index (χ1) is 10.1. The first kappa shape index (κ1) is 13.3. The summed E-state index contributed by atoms with van der Waals surface area (Å²) in [6.45, 7) is 1.72. The maximum atomic E-state index is 10.9. The minimum Gasteiger partial charge on any atom is -0.381 e. The summed E-state index contributed by atoms with van der Waals surface area (Å²) in [6.07, 6.45) is 1.68. The van der Waals surface area contributed by atoms with E-state index in [1.165, 1.54) is 0 Å². The predicted molar refractivity (Wildman–Crippen MR) is 81.6 cm³/mol. The van der Waals surface area contributed by atoms with Gasteiger partial charge in [-0.05, 0) is 36.8 Å². The molecular weight excluding hydrogens is 260 g/mol. The van der Waals surface area contributed by atoms with Crippen LogP contribution < -0.4 is 0 Å². The van der Waals surface area contributed by atoms with Crippen LogP contribution in [0.4, 0.5) is 0 Å². The molecule has 0 amide bonds. The largest absolute Gasteiger partial charge is 0.381 e. The zero-order valence-electron chi connectivity index (χ0n) is 11.6. The van der Waals surface area contributed by atoms with Crippen LogP contribution in [0.2, 0.25) is 0 Å². The number of fused-ring (bicyclic) bond motifs is 1. The highest BCUT2D eigenvalue weighted by molar-refractivity contribution is 5.79. The average molecular weight is 274 g/mol. The average Bonchev–Trinajstić information content (AvgIpc) is 2.54. The van der Waals surface area contributed by atoms with Crippen molar-refractivity contribution < 1.29 is 5.11 Å². The van der Waals surface area contributed by atoms with Gasteiger partial charge in [-0.25, -0.2) is 0 Å². The number of hydrogen-bond acceptors (Lipinski definition) is 3. The first-order valence-electron chi connectivity index (χ1n) is 6.69. The molecule has 0 saturated carbocycles. The van der Waals surface area contributed by atoms with Crippen molar-refractivity contribution in [1.29, 1.82) is 5.26 Å². The van der Waals surface area contributed by atoms with Crippen LogP contribution in [0.15, 0.2) is 60.8 Å². The summed E-state index contributed by atoms with van der Waals surface area (Å²) in [5, 5.41) is 20.9. The number of hydrogen-bond donors (Lipinski definition) is 1. The zero-order valence-corrected chi connectivity index (χ0v) is 11.6. The van der Waals surface area contributed by atoms with Gasteiger partial charge in [0.15, 0.2) is 0 Å². The quantitative estimate of drug-likeness (QED) is 0.779. The summed E-state index contributed by atoms with van der Waals surface area (Å²) in [5.74, 6) is 0. The van der Waals surface area contributed by atoms with Crippen LogP contribution in [0.1, 0.15) is 23.6 Å². The van der Waals surface area contributed by atoms with E-state index in [2.05, 4.69) is 11.1 Å². The predicted octanol–water partition coefficient (Wildman–Crippen LogP) is 3.36. The lowest BCUT2D eigenvalue weighted by atomic mass is 9.88. The van der Waals surface area contributed by atoms with Crippen LogP contribution in [-0.2, 0) is 5.60 Å². The molecule has 3 aromatic rings. The second kappa shape index (κ2) is 5.01. The Hall–Kier alpha value is -2.70. The van der Waals surface area contributed by atoms with Gasteiger partial charge in [0.25, 0.3) is 0 Å². The van der Waals surface area contributed by atoms with Crippen LogP contribution in [0.25, 0.3) is 10.9 Å². The number of aliphatic hydroxyl groups is 1. The van der Waals surface area contributed by atoms with E-state index in [0.29, 0.717) is 16.7 Å². The van der Waals surface area contributed by atoms with Gasteiger partial charge in [-0.15, -0.1) is 0 Å². The molecule has 3 heteroatoms. The topological polar surface area (TPSA) is 56.9 Å². The maximum Gasteiger partial charge on any atom is 0.113 e. The molecule has 21 heavy (non-hydrogen) atoms. The third-order valence-corrected chi connectivity index (χ3v) is 3.71. The highest BCUT2D eigenvalue weighted by Crippen LogP contribution is 2.30. The van der Waals surface area contributed by atoms with Crippen molar-refractivity contribution >= 4 is 10.9 Å². The molecule has 0 fully saturated rings. The Balaban J connectivity index is 2.12. The van der Waals surface area contributed by atoms with Crippen LogP contribution in [-0.4, -0.2) is 10.1 Å². The van der Waals surface area contributed by atoms with Gasteiger partial charge in [-0.2, -0.15) is 5.26 Å². The number of benzene rings is 2. The van der Waals surface area contributed by atoms with E-state index in [-0.39, 0.29) is 0 Å². The van der Waals surface area contributed by atoms with Crippen molar-refractivity contribution in [3.05, 3.63) is 77.5 Å². The molecule has 0 aliphatic rings. The van der Waals surface area contributed by atoms with E-state index < -0.39 is 5.60 Å². The minimum atomic E-state index is -1.19. The summed E-state index contributed by atoms with van der Waals surface area (Å²) >= 11 is 0. The lowest BCUT2D eigenvalue weighted by molar-refractivity contribution is 0.102. The number of rotatable bonds is 2. The van der Waals surface area contributed by atoms with Gasteiger partial charge in [0.1, 0.15) is 5.60 Å². The molecule has 3 nitrogen and oxygen atoms in total. The Morgan fingerprint density at radius 1 is 1.05 bits per heavy atom. The van der Waals surface area contributed by atoms with E-state index in [4.69, 9.17) is 5.26 Å². The molecule has 1 atom stereocenters. The van der Waals surface area contributed by atoms with Gasteiger partial charge in [0.05, 0.1) is 17.1 Å². The standard InChI is InChI=1S/C18H14N2O/c1-18(21,15-7-4-5-13(9-15)11-19)16-10-14-6-2-3-8-17(14)20-12-16/h2-10,12,21H,1H3. The highest BCUT2D eigenvalue weighted by Gasteiger charge is 2.26. The molecule has 0 aliphatic heterocycles. The second-order valence-corrected chi connectivity index (χ2v) is 5.18. The first-order valence-corrected chi connectivity index (χ1v) is 6.69. The van der Waals surface area contributed by atoms with Crippen molar-refractivity contribution in [2.45, 2.75) is 12.5 Å². The molecule has 0 radical (unpaired) electrons. The Morgan fingerprint density at radius 3 is 2.67 bits per heavy atom. The molecular formula is C18H14N2O. The molecule has 102 valence electrons. The third-order valence-electron chi connectivity index (χ3n) is 3.71. The van der Waals surface area contributed by atoms with Crippen molar-refractivity contribution in [2.24, 2.45) is 0 Å². The van der Waals surface area contributed by atoms with Crippen molar-refractivity contribution in [1.82, 2.24) is 4.98 Å². The fraction of sp³-hybridized carbons (Fsp3) is 0.111. The Kier molecular flexibility index (Phi) is 3.17. The van der Waals surface area contributed by atoms with Gasteiger partial charge in [0, 0.05) is 17.1 Å². The molecule has 1 unspecified atom stereocenters. The fourth-order valence-electron chi connectivity index (χ4n) is 2.40. The molecule has 1 heterocycles. The Bertz CT molecular complexity index is 847. The Labute approximate surface area is 123 Å². The maximum absolute atomic E-state index is 10.9. The van der Waals surface area contributed by atoms with E-state index in [0.717, 1.165) is 10.9 Å². The van der Waals surface area contributed by atoms with Crippen molar-refractivity contribution in [2.75, 3.05) is 0 Å². The van der Waals surface area contributed by atoms with Crippen LogP contribution in [0.5, 0.6) is 0 Å². The number of aromatic nitrogens is 1. The summed E-state index contributed by atoms with van der Waals surface area (Å²) in [7, 11) is 0. The van der Waals surface area contributed by atoms with Gasteiger partial charge < -0.3 is 5.11 Å². The molecule has 0 bridgehead atoms. The van der Waals surface area contributed by atoms with E-state index in [1.54, 1.807) is 31.3 Å². The minimum absolute atomic E-state index is 0.529. The molecule has 0 aliphatic carbocycles. The van der Waals surface area contributed by atoms with Gasteiger partial charge in [-0.3, -0.25) is 4.98 Å². The monoisotopic (exact) mass is 274 g/mol. The highest BCUT2D eigenvalue weighted by atomic mass is 16.3. The molecule has 1 N–H and O–H groups in total. The van der Waals surface area contributed by atoms with Gasteiger partial charge in [0.2, 0.25) is 0 Å². The molecule has 0 spiro atoms. The summed E-state index contributed by atoms with van der Waals surface area (Å²) in [4.78, 5) is 4.39. The zero-order chi connectivity index (χ0) is 14.9. The number of nitrogens with zero attached hydrogens (tertiary/aromatic N) is 2. The lowest BCUT2D eigenvalue weighted by Crippen LogP contribution is -2.23. The van der Waals surface area contributed by atoms with E-state index in [1.807, 2.05) is 36.4 Å². The van der Waals surface area contributed by atoms with Crippen molar-refractivity contribution in [3.8, 4) is 6.07 Å². The molecule has 2 aromatic carbocycles. The molecule has 0 saturated heterocycles. The normalized spacial score (nSPS) is 13.6. The second-order valence-electron chi connectivity index (χ2n) is 5.18. The number of para-hydroxylation sites is 1. The fourth-order valence-corrected chi connectivity index (χ4v) is 2.40. The van der Waals surface area contributed by atoms with Gasteiger partial charge in [-0.1, -0.05) is 30.3 Å². The lowest BCUT2D eigenvalue weighted by Gasteiger charge is -2.24. The number of pyridine rings is 1. The smallest absolute Gasteiger partial charge is 0.113 e. The summed E-state index contributed by atoms with van der Waals surface area (Å²) in [5.41, 5.74) is 1.61. The van der Waals surface area contributed by atoms with E-state index in [9.17, 15) is 5.11 Å². The van der Waals surface area contributed by atoms with Crippen LogP contribution in [0.3, 0.4) is 0 Å². The SMILES string of the molecule is CC(O)(c1cccc(C#N)c1)c1cnc2ccccc2c1.